The summed E-state index contributed by atoms with van der Waals surface area (Å²) in [5.74, 6) is 0.942. The molecule has 0 aliphatic heterocycles. The molecule has 18 heavy (non-hydrogen) atoms. The Bertz CT molecular complexity index is 368. The highest BCUT2D eigenvalue weighted by Gasteiger charge is 2.09. The van der Waals surface area contributed by atoms with E-state index in [0.29, 0.717) is 0 Å². The maximum Gasteiger partial charge on any atom is 0.120 e. The van der Waals surface area contributed by atoms with Gasteiger partial charge in [-0.3, -0.25) is 0 Å². The summed E-state index contributed by atoms with van der Waals surface area (Å²) in [7, 11) is 0. The van der Waals surface area contributed by atoms with E-state index in [1.165, 1.54) is 5.56 Å². The van der Waals surface area contributed by atoms with Gasteiger partial charge in [0, 0.05) is 10.5 Å². The topological polar surface area (TPSA) is 35.2 Å². The summed E-state index contributed by atoms with van der Waals surface area (Å²) in [6.07, 6.45) is 4.37. The smallest absolute Gasteiger partial charge is 0.120 e. The van der Waals surface area contributed by atoms with Gasteiger partial charge in [-0.1, -0.05) is 36.2 Å². The van der Waals surface area contributed by atoms with E-state index in [2.05, 4.69) is 42.8 Å². The monoisotopic (exact) mass is 313 g/mol. The molecule has 0 fully saturated rings. The number of benzene rings is 1. The van der Waals surface area contributed by atoms with E-state index in [1.807, 2.05) is 12.1 Å². The van der Waals surface area contributed by atoms with Gasteiger partial charge < -0.3 is 10.5 Å². The van der Waals surface area contributed by atoms with Crippen molar-refractivity contribution >= 4 is 15.9 Å². The second-order valence-electron chi connectivity index (χ2n) is 4.84. The van der Waals surface area contributed by atoms with Crippen LogP contribution in [0.25, 0.3) is 0 Å². The molecule has 0 bridgehead atoms. The lowest BCUT2D eigenvalue weighted by molar-refractivity contribution is 0.209. The summed E-state index contributed by atoms with van der Waals surface area (Å²) in [6.45, 7) is 6.40. The third kappa shape index (κ3) is 4.99. The van der Waals surface area contributed by atoms with Crippen molar-refractivity contribution in [2.75, 3.05) is 0 Å². The van der Waals surface area contributed by atoms with E-state index in [4.69, 9.17) is 10.5 Å². The maximum absolute atomic E-state index is 6.01. The lowest BCUT2D eigenvalue weighted by Crippen LogP contribution is -2.21. The van der Waals surface area contributed by atoms with Crippen molar-refractivity contribution in [3.8, 4) is 5.75 Å². The van der Waals surface area contributed by atoms with E-state index in [9.17, 15) is 0 Å². The van der Waals surface area contributed by atoms with Crippen LogP contribution in [0.1, 0.15) is 45.6 Å². The van der Waals surface area contributed by atoms with Crippen molar-refractivity contribution in [1.29, 1.82) is 0 Å². The Labute approximate surface area is 119 Å². The largest absolute Gasteiger partial charge is 0.491 e. The van der Waals surface area contributed by atoms with E-state index in [1.54, 1.807) is 0 Å². The first-order valence-electron chi connectivity index (χ1n) is 6.77. The minimum atomic E-state index is 0.213. The average Bonchev–Trinajstić information content (AvgIpc) is 2.33. The van der Waals surface area contributed by atoms with Crippen LogP contribution in [-0.2, 0) is 6.42 Å². The van der Waals surface area contributed by atoms with Gasteiger partial charge in [0.15, 0.2) is 0 Å². The zero-order valence-corrected chi connectivity index (χ0v) is 13.2. The third-order valence-corrected chi connectivity index (χ3v) is 3.83. The Hall–Kier alpha value is -0.540. The first-order valence-corrected chi connectivity index (χ1v) is 7.56. The van der Waals surface area contributed by atoms with Gasteiger partial charge in [0.05, 0.1) is 6.10 Å². The number of hydrogen-bond donors (Lipinski definition) is 1. The number of ether oxygens (including phenoxy) is 1. The van der Waals surface area contributed by atoms with Gasteiger partial charge in [0.1, 0.15) is 5.75 Å². The van der Waals surface area contributed by atoms with E-state index in [-0.39, 0.29) is 12.1 Å². The fraction of sp³-hybridized carbons (Fsp3) is 0.600. The molecular formula is C15H24BrNO. The normalized spacial score (nSPS) is 14.3. The van der Waals surface area contributed by atoms with Gasteiger partial charge in [-0.2, -0.15) is 0 Å². The number of rotatable bonds is 7. The van der Waals surface area contributed by atoms with Crippen molar-refractivity contribution in [1.82, 2.24) is 0 Å². The lowest BCUT2D eigenvalue weighted by atomic mass is 10.0. The van der Waals surface area contributed by atoms with Crippen molar-refractivity contribution < 1.29 is 4.74 Å². The van der Waals surface area contributed by atoms with E-state index in [0.717, 1.165) is 35.9 Å². The second-order valence-corrected chi connectivity index (χ2v) is 5.70. The van der Waals surface area contributed by atoms with Crippen LogP contribution in [0, 0.1) is 0 Å². The molecular weight excluding hydrogens is 290 g/mol. The minimum Gasteiger partial charge on any atom is -0.491 e. The molecule has 0 spiro atoms. The molecule has 2 N–H and O–H groups in total. The van der Waals surface area contributed by atoms with Crippen LogP contribution in [0.4, 0.5) is 0 Å². The van der Waals surface area contributed by atoms with Crippen LogP contribution >= 0.6 is 15.9 Å². The fourth-order valence-electron chi connectivity index (χ4n) is 1.91. The summed E-state index contributed by atoms with van der Waals surface area (Å²) < 4.78 is 7.02. The molecule has 102 valence electrons. The number of nitrogens with two attached hydrogens (primary N) is 1. The quantitative estimate of drug-likeness (QED) is 0.814. The first-order chi connectivity index (χ1) is 8.56. The van der Waals surface area contributed by atoms with Crippen LogP contribution in [0.15, 0.2) is 22.7 Å². The van der Waals surface area contributed by atoms with Crippen molar-refractivity contribution in [3.63, 3.8) is 0 Å². The molecule has 2 nitrogen and oxygen atoms in total. The maximum atomic E-state index is 6.01. The molecule has 2 atom stereocenters. The molecule has 0 heterocycles. The summed E-state index contributed by atoms with van der Waals surface area (Å²) in [5, 5.41) is 0. The Kier molecular flexibility index (Phi) is 6.72. The summed E-state index contributed by atoms with van der Waals surface area (Å²) in [4.78, 5) is 0. The molecule has 0 radical (unpaired) electrons. The molecule has 2 unspecified atom stereocenters. The van der Waals surface area contributed by atoms with Crippen molar-refractivity contribution in [3.05, 3.63) is 28.2 Å². The highest BCUT2D eigenvalue weighted by Crippen LogP contribution is 2.25. The Morgan fingerprint density at radius 1 is 1.33 bits per heavy atom. The fourth-order valence-corrected chi connectivity index (χ4v) is 2.31. The summed E-state index contributed by atoms with van der Waals surface area (Å²) >= 11 is 3.57. The van der Waals surface area contributed by atoms with Crippen molar-refractivity contribution in [2.24, 2.45) is 5.73 Å². The van der Waals surface area contributed by atoms with E-state index < -0.39 is 0 Å². The number of hydrogen-bond acceptors (Lipinski definition) is 2. The molecule has 1 aromatic rings. The van der Waals surface area contributed by atoms with Crippen LogP contribution in [0.5, 0.6) is 5.75 Å². The van der Waals surface area contributed by atoms with Crippen LogP contribution < -0.4 is 10.5 Å². The minimum absolute atomic E-state index is 0.213. The predicted octanol–water partition coefficient (Wildman–Crippen LogP) is 4.30. The van der Waals surface area contributed by atoms with Crippen LogP contribution in [0.2, 0.25) is 0 Å². The van der Waals surface area contributed by atoms with Gasteiger partial charge in [0.25, 0.3) is 0 Å². The Morgan fingerprint density at radius 2 is 2.06 bits per heavy atom. The lowest BCUT2D eigenvalue weighted by Gasteiger charge is -2.16. The zero-order chi connectivity index (χ0) is 13.5. The molecule has 0 aliphatic rings. The summed E-state index contributed by atoms with van der Waals surface area (Å²) in [6, 6.07) is 6.37. The Balaban J connectivity index is 2.73. The molecule has 3 heteroatoms. The van der Waals surface area contributed by atoms with Gasteiger partial charge in [-0.15, -0.1) is 0 Å². The first kappa shape index (κ1) is 15.5. The predicted molar refractivity (Wildman–Crippen MR) is 81.1 cm³/mol. The molecule has 0 aromatic heterocycles. The SMILES string of the molecule is CCCC(C)Oc1ccc(Br)c(CC(N)CC)c1. The van der Waals surface area contributed by atoms with Crippen molar-refractivity contribution in [2.45, 2.75) is 58.6 Å². The molecule has 1 aromatic carbocycles. The van der Waals surface area contributed by atoms with Gasteiger partial charge in [0.2, 0.25) is 0 Å². The van der Waals surface area contributed by atoms with Gasteiger partial charge >= 0.3 is 0 Å². The standard InChI is InChI=1S/C15H24BrNO/c1-4-6-11(3)18-14-7-8-15(16)12(10-14)9-13(17)5-2/h7-8,10-11,13H,4-6,9,17H2,1-3H3. The highest BCUT2D eigenvalue weighted by atomic mass is 79.9. The third-order valence-electron chi connectivity index (χ3n) is 3.06. The highest BCUT2D eigenvalue weighted by molar-refractivity contribution is 9.10. The molecule has 0 saturated carbocycles. The molecule has 0 amide bonds. The molecule has 1 rings (SSSR count). The van der Waals surface area contributed by atoms with Crippen LogP contribution in [0.3, 0.4) is 0 Å². The Morgan fingerprint density at radius 3 is 2.67 bits per heavy atom. The second kappa shape index (κ2) is 7.80. The summed E-state index contributed by atoms with van der Waals surface area (Å²) in [5.41, 5.74) is 7.24. The van der Waals surface area contributed by atoms with E-state index >= 15 is 0 Å². The average molecular weight is 314 g/mol. The molecule has 0 saturated heterocycles. The van der Waals surface area contributed by atoms with Gasteiger partial charge in [-0.05, 0) is 49.9 Å². The van der Waals surface area contributed by atoms with Gasteiger partial charge in [-0.25, -0.2) is 0 Å². The zero-order valence-electron chi connectivity index (χ0n) is 11.6. The van der Waals surface area contributed by atoms with Crippen LogP contribution in [-0.4, -0.2) is 12.1 Å². The number of halogens is 1. The molecule has 0 aliphatic carbocycles.